The van der Waals surface area contributed by atoms with Crippen LogP contribution in [0.3, 0.4) is 0 Å². The minimum absolute atomic E-state index is 0.188. The minimum Gasteiger partial charge on any atom is -0.378 e. The smallest absolute Gasteiger partial charge is 0.123 e. The van der Waals surface area contributed by atoms with Crippen LogP contribution in [0.25, 0.3) is 0 Å². The van der Waals surface area contributed by atoms with Crippen LogP contribution in [-0.2, 0) is 17.8 Å². The highest BCUT2D eigenvalue weighted by Gasteiger charge is 2.31. The van der Waals surface area contributed by atoms with E-state index in [1.54, 1.807) is 11.9 Å². The molecule has 2 aliphatic heterocycles. The van der Waals surface area contributed by atoms with Gasteiger partial charge in [-0.1, -0.05) is 0 Å². The Bertz CT molecular complexity index is 678. The summed E-state index contributed by atoms with van der Waals surface area (Å²) in [6.45, 7) is 3.43. The summed E-state index contributed by atoms with van der Waals surface area (Å²) in [6, 6.07) is 4.96. The van der Waals surface area contributed by atoms with Gasteiger partial charge in [0.15, 0.2) is 0 Å². The highest BCUT2D eigenvalue weighted by molar-refractivity contribution is 14.2. The van der Waals surface area contributed by atoms with Gasteiger partial charge in [0.1, 0.15) is 11.6 Å². The van der Waals surface area contributed by atoms with Crippen LogP contribution >= 0.6 is 42.3 Å². The second-order valence-corrected chi connectivity index (χ2v) is 8.75. The molecular weight excluding hydrogens is 519 g/mol. The monoisotopic (exact) mass is 543 g/mol. The summed E-state index contributed by atoms with van der Waals surface area (Å²) in [4.78, 5) is 2.43. The number of nitrogens with zero attached hydrogens (tertiary/aromatic N) is 3. The van der Waals surface area contributed by atoms with Gasteiger partial charge < -0.3 is 10.5 Å². The number of hydrogen-bond acceptors (Lipinski definition) is 7. The number of rotatable bonds is 2. The lowest BCUT2D eigenvalue weighted by Gasteiger charge is -2.33. The van der Waals surface area contributed by atoms with Gasteiger partial charge in [-0.2, -0.15) is 5.10 Å². The van der Waals surface area contributed by atoms with Gasteiger partial charge in [0, 0.05) is 64.4 Å². The van der Waals surface area contributed by atoms with Crippen molar-refractivity contribution >= 4 is 42.3 Å². The Morgan fingerprint density at radius 2 is 1.79 bits per heavy atom. The maximum Gasteiger partial charge on any atom is 0.123 e. The first-order valence-electron chi connectivity index (χ1n) is 8.54. The molecule has 2 aromatic rings. The molecule has 28 heavy (non-hydrogen) atoms. The lowest BCUT2D eigenvalue weighted by Crippen LogP contribution is -2.46. The first-order chi connectivity index (χ1) is 13.5. The second-order valence-electron chi connectivity index (χ2n) is 6.30. The van der Waals surface area contributed by atoms with Crippen LogP contribution in [0.2, 0.25) is 0 Å². The Hall–Kier alpha value is -0.440. The number of nitrogens with two attached hydrogens (primary N) is 2. The number of fused-ring (bicyclic) bond motifs is 1. The van der Waals surface area contributed by atoms with E-state index in [1.807, 2.05) is 31.5 Å². The molecule has 0 saturated carbocycles. The highest BCUT2D eigenvalue weighted by Crippen LogP contribution is 2.27. The Kier molecular flexibility index (Phi) is 10.5. The van der Waals surface area contributed by atoms with Crippen LogP contribution in [0.1, 0.15) is 17.7 Å². The van der Waals surface area contributed by atoms with Crippen molar-refractivity contribution < 1.29 is 13.5 Å². The summed E-state index contributed by atoms with van der Waals surface area (Å²) in [5, 5.41) is 9.29. The van der Waals surface area contributed by atoms with Gasteiger partial charge in [0.2, 0.25) is 0 Å². The lowest BCUT2D eigenvalue weighted by molar-refractivity contribution is 0.00508. The number of halogens is 3. The zero-order valence-corrected chi connectivity index (χ0v) is 19.2. The molecule has 2 atom stereocenters. The van der Waals surface area contributed by atoms with E-state index >= 15 is 0 Å². The Labute approximate surface area is 184 Å². The van der Waals surface area contributed by atoms with Crippen molar-refractivity contribution in [2.45, 2.75) is 31.6 Å². The summed E-state index contributed by atoms with van der Waals surface area (Å²) in [5.74, 6) is -0.821. The third kappa shape index (κ3) is 7.43. The van der Waals surface area contributed by atoms with Crippen LogP contribution in [0, 0.1) is 11.6 Å². The van der Waals surface area contributed by atoms with Gasteiger partial charge in [0.25, 0.3) is 0 Å². The number of ether oxygens (including phenoxy) is 1. The molecule has 0 amide bonds. The molecule has 0 bridgehead atoms. The standard InChI is InChI=1S/C11H18N4OS.C6H4F2.H2INS/c1-17-15-4-8-3-14(5-11(8)13-15)10-2-9(12)6-16-7-10;7-5-1-2-6(8)4-3-5;1-3-2/h4,9-10H,2-3,5-7,12H2,1H3;1-4H;2H2. The molecule has 2 unspecified atom stereocenters. The molecule has 0 radical (unpaired) electrons. The topological polar surface area (TPSA) is 82.3 Å². The van der Waals surface area contributed by atoms with Gasteiger partial charge in [-0.25, -0.2) is 12.9 Å². The molecular formula is C17H24F2IN5OS2. The molecule has 11 heteroatoms. The first-order valence-corrected chi connectivity index (χ1v) is 13.1. The summed E-state index contributed by atoms with van der Waals surface area (Å²) >= 11 is 3.62. The molecule has 6 nitrogen and oxygen atoms in total. The maximum atomic E-state index is 11.9. The third-order valence-corrected chi connectivity index (χ3v) is 4.87. The van der Waals surface area contributed by atoms with E-state index in [0.717, 1.165) is 50.4 Å². The summed E-state index contributed by atoms with van der Waals surface area (Å²) in [5.41, 5.74) is 8.50. The van der Waals surface area contributed by atoms with Crippen LogP contribution in [0.15, 0.2) is 30.5 Å². The van der Waals surface area contributed by atoms with Crippen LogP contribution < -0.4 is 10.9 Å². The van der Waals surface area contributed by atoms with Crippen molar-refractivity contribution in [2.24, 2.45) is 10.9 Å². The molecule has 156 valence electrons. The molecule has 4 N–H and O–H groups in total. The minimum atomic E-state index is -0.411. The van der Waals surface area contributed by atoms with Crippen molar-refractivity contribution in [1.82, 2.24) is 14.1 Å². The van der Waals surface area contributed by atoms with E-state index in [9.17, 15) is 8.78 Å². The first kappa shape index (κ1) is 23.8. The van der Waals surface area contributed by atoms with Gasteiger partial charge in [-0.15, -0.1) is 0 Å². The molecule has 3 heterocycles. The normalized spacial score (nSPS) is 21.2. The SMILES string of the molecule is CSn1cc2c(n1)CN(C1COCC(N)C1)C2.Fc1ccc(F)cc1.NSI. The Morgan fingerprint density at radius 3 is 2.29 bits per heavy atom. The Balaban J connectivity index is 0.000000213. The fourth-order valence-electron chi connectivity index (χ4n) is 3.03. The predicted octanol–water partition coefficient (Wildman–Crippen LogP) is 3.35. The summed E-state index contributed by atoms with van der Waals surface area (Å²) in [6.07, 6.45) is 5.20. The van der Waals surface area contributed by atoms with E-state index in [-0.39, 0.29) is 6.04 Å². The van der Waals surface area contributed by atoms with Crippen molar-refractivity contribution in [3.63, 3.8) is 0 Å². The van der Waals surface area contributed by atoms with Gasteiger partial charge in [-0.05, 0) is 51.8 Å². The number of benzene rings is 1. The molecule has 1 saturated heterocycles. The zero-order valence-electron chi connectivity index (χ0n) is 15.4. The fraction of sp³-hybridized carbons (Fsp3) is 0.471. The average Bonchev–Trinajstić information content (AvgIpc) is 3.24. The molecule has 0 aliphatic carbocycles. The van der Waals surface area contributed by atoms with Crippen molar-refractivity contribution in [2.75, 3.05) is 19.5 Å². The van der Waals surface area contributed by atoms with E-state index in [1.165, 1.54) is 20.4 Å². The van der Waals surface area contributed by atoms with E-state index in [4.69, 9.17) is 15.6 Å². The average molecular weight is 543 g/mol. The molecule has 4 rings (SSSR count). The van der Waals surface area contributed by atoms with E-state index in [2.05, 4.69) is 16.2 Å². The number of aromatic nitrogens is 2. The van der Waals surface area contributed by atoms with Crippen LogP contribution in [0.4, 0.5) is 8.78 Å². The molecule has 0 spiro atoms. The molecule has 1 aromatic heterocycles. The summed E-state index contributed by atoms with van der Waals surface area (Å²) < 4.78 is 31.3. The van der Waals surface area contributed by atoms with Gasteiger partial charge in [0.05, 0.1) is 18.9 Å². The second kappa shape index (κ2) is 12.3. The van der Waals surface area contributed by atoms with Crippen LogP contribution in [-0.4, -0.2) is 45.6 Å². The highest BCUT2D eigenvalue weighted by atomic mass is 127. The van der Waals surface area contributed by atoms with E-state index in [0.29, 0.717) is 12.6 Å². The molecule has 2 aliphatic rings. The largest absolute Gasteiger partial charge is 0.378 e. The molecule has 1 aromatic carbocycles. The predicted molar refractivity (Wildman–Crippen MR) is 120 cm³/mol. The van der Waals surface area contributed by atoms with Crippen molar-refractivity contribution in [3.8, 4) is 0 Å². The van der Waals surface area contributed by atoms with Crippen molar-refractivity contribution in [3.05, 3.63) is 53.4 Å². The fourth-order valence-corrected chi connectivity index (χ4v) is 3.44. The lowest BCUT2D eigenvalue weighted by atomic mass is 10.1. The van der Waals surface area contributed by atoms with Crippen LogP contribution in [0.5, 0.6) is 0 Å². The van der Waals surface area contributed by atoms with Crippen molar-refractivity contribution in [1.29, 1.82) is 0 Å². The zero-order chi connectivity index (χ0) is 20.5. The quantitative estimate of drug-likeness (QED) is 0.444. The number of hydrogen-bond donors (Lipinski definition) is 2. The Morgan fingerprint density at radius 1 is 1.18 bits per heavy atom. The maximum absolute atomic E-state index is 11.9. The summed E-state index contributed by atoms with van der Waals surface area (Å²) in [7, 11) is 1.22. The van der Waals surface area contributed by atoms with E-state index < -0.39 is 11.6 Å². The molecule has 1 fully saturated rings. The van der Waals surface area contributed by atoms with Gasteiger partial charge >= 0.3 is 0 Å². The third-order valence-electron chi connectivity index (χ3n) is 4.31. The van der Waals surface area contributed by atoms with Gasteiger partial charge in [-0.3, -0.25) is 10.0 Å².